The lowest BCUT2D eigenvalue weighted by Gasteiger charge is -2.14. The third-order valence-corrected chi connectivity index (χ3v) is 5.08. The van der Waals surface area contributed by atoms with Gasteiger partial charge in [-0.1, -0.05) is 54.1 Å². The summed E-state index contributed by atoms with van der Waals surface area (Å²) in [6, 6.07) is 15.5. The van der Waals surface area contributed by atoms with Gasteiger partial charge in [0.1, 0.15) is 0 Å². The molecule has 2 aromatic rings. The number of carbonyl (C=O) groups is 1. The van der Waals surface area contributed by atoms with Gasteiger partial charge in [0.05, 0.1) is 6.26 Å². The van der Waals surface area contributed by atoms with Crippen molar-refractivity contribution in [2.45, 2.75) is 18.1 Å². The van der Waals surface area contributed by atoms with Crippen LogP contribution in [-0.2, 0) is 22.4 Å². The first-order valence-electron chi connectivity index (χ1n) is 6.88. The third-order valence-electron chi connectivity index (χ3n) is 3.51. The van der Waals surface area contributed by atoms with Gasteiger partial charge in [-0.2, -0.15) is 0 Å². The normalized spacial score (nSPS) is 13.6. The minimum Gasteiger partial charge on any atom is -0.616 e. The molecule has 0 aromatic heterocycles. The van der Waals surface area contributed by atoms with Crippen LogP contribution in [0, 0.1) is 0 Å². The number of benzene rings is 2. The predicted molar refractivity (Wildman–Crippen MR) is 90.7 cm³/mol. The fraction of sp³-hybridized carbons (Fsp3) is 0.235. The number of hydrogen-bond acceptors (Lipinski definition) is 2. The first-order chi connectivity index (χ1) is 10.5. The first-order valence-corrected chi connectivity index (χ1v) is 8.88. The van der Waals surface area contributed by atoms with Gasteiger partial charge in [0, 0.05) is 17.0 Å². The summed E-state index contributed by atoms with van der Waals surface area (Å²) in [5.41, 5.74) is 3.00. The van der Waals surface area contributed by atoms with E-state index in [0.717, 1.165) is 16.7 Å². The molecule has 0 radical (unpaired) electrons. The number of rotatable bonds is 6. The Labute approximate surface area is 138 Å². The maximum absolute atomic E-state index is 11.4. The Morgan fingerprint density at radius 2 is 1.86 bits per heavy atom. The molecule has 0 bridgehead atoms. The molecule has 2 aromatic carbocycles. The van der Waals surface area contributed by atoms with Crippen molar-refractivity contribution in [2.75, 3.05) is 6.26 Å². The molecule has 0 amide bonds. The third kappa shape index (κ3) is 4.26. The van der Waals surface area contributed by atoms with Crippen molar-refractivity contribution in [3.8, 4) is 11.1 Å². The van der Waals surface area contributed by atoms with Gasteiger partial charge in [-0.3, -0.25) is 0 Å². The molecule has 0 saturated carbocycles. The Hall–Kier alpha value is -1.49. The summed E-state index contributed by atoms with van der Waals surface area (Å²) in [6.07, 6.45) is 2.38. The highest BCUT2D eigenvalue weighted by Crippen LogP contribution is 2.27. The Morgan fingerprint density at radius 1 is 1.23 bits per heavy atom. The van der Waals surface area contributed by atoms with Crippen molar-refractivity contribution >= 4 is 28.7 Å². The number of aryl methyl sites for hydroxylation is 1. The Bertz CT molecular complexity index is 641. The lowest BCUT2D eigenvalue weighted by atomic mass is 10.0. The number of carboxylic acid groups (broad SMARTS) is 1. The molecule has 116 valence electrons. The summed E-state index contributed by atoms with van der Waals surface area (Å²) in [5, 5.41) is 8.92. The zero-order valence-corrected chi connectivity index (χ0v) is 13.7. The average molecular weight is 337 g/mol. The Balaban J connectivity index is 2.07. The molecule has 1 N–H and O–H groups in total. The van der Waals surface area contributed by atoms with Gasteiger partial charge in [-0.05, 0) is 34.8 Å². The van der Waals surface area contributed by atoms with E-state index >= 15 is 0 Å². The Kier molecular flexibility index (Phi) is 5.89. The van der Waals surface area contributed by atoms with E-state index in [1.165, 1.54) is 6.26 Å². The van der Waals surface area contributed by atoms with Gasteiger partial charge < -0.3 is 9.66 Å². The van der Waals surface area contributed by atoms with Crippen molar-refractivity contribution in [3.63, 3.8) is 0 Å². The summed E-state index contributed by atoms with van der Waals surface area (Å²) >= 11 is 4.81. The molecule has 0 aliphatic rings. The molecule has 5 heteroatoms. The predicted octanol–water partition coefficient (Wildman–Crippen LogP) is 3.77. The summed E-state index contributed by atoms with van der Waals surface area (Å²) in [6.45, 7) is 0. The van der Waals surface area contributed by atoms with Crippen molar-refractivity contribution in [2.24, 2.45) is 0 Å². The van der Waals surface area contributed by atoms with E-state index in [-0.39, 0.29) is 0 Å². The molecule has 0 aliphatic carbocycles. The number of carboxylic acids is 1. The van der Waals surface area contributed by atoms with E-state index in [1.54, 1.807) is 0 Å². The summed E-state index contributed by atoms with van der Waals surface area (Å²) in [5.74, 6) is -1.01. The zero-order chi connectivity index (χ0) is 16.1. The molecule has 0 spiro atoms. The molecule has 2 atom stereocenters. The second-order valence-electron chi connectivity index (χ2n) is 5.04. The maximum Gasteiger partial charge on any atom is 0.357 e. The minimum atomic E-state index is -1.36. The van der Waals surface area contributed by atoms with Crippen molar-refractivity contribution < 1.29 is 14.5 Å². The highest BCUT2D eigenvalue weighted by molar-refractivity contribution is 7.92. The highest BCUT2D eigenvalue weighted by atomic mass is 35.5. The summed E-state index contributed by atoms with van der Waals surface area (Å²) in [7, 11) is 0. The van der Waals surface area contributed by atoms with Crippen LogP contribution in [0.25, 0.3) is 11.1 Å². The monoisotopic (exact) mass is 336 g/mol. The van der Waals surface area contributed by atoms with Crippen LogP contribution >= 0.6 is 11.6 Å². The Morgan fingerprint density at radius 3 is 2.41 bits per heavy atom. The van der Waals surface area contributed by atoms with Crippen LogP contribution in [0.3, 0.4) is 0 Å². The van der Waals surface area contributed by atoms with Gasteiger partial charge in [0.15, 0.2) is 0 Å². The van der Waals surface area contributed by atoms with Gasteiger partial charge >= 0.3 is 5.97 Å². The largest absolute Gasteiger partial charge is 0.616 e. The van der Waals surface area contributed by atoms with E-state index in [9.17, 15) is 9.35 Å². The van der Waals surface area contributed by atoms with Crippen LogP contribution in [0.15, 0.2) is 48.5 Å². The van der Waals surface area contributed by atoms with E-state index in [1.807, 2.05) is 48.5 Å². The van der Waals surface area contributed by atoms with E-state index in [0.29, 0.717) is 17.9 Å². The van der Waals surface area contributed by atoms with Crippen molar-refractivity contribution in [1.29, 1.82) is 0 Å². The molecule has 3 nitrogen and oxygen atoms in total. The summed E-state index contributed by atoms with van der Waals surface area (Å²) in [4.78, 5) is 11.0. The van der Waals surface area contributed by atoms with Crippen LogP contribution in [0.4, 0.5) is 0 Å². The molecule has 22 heavy (non-hydrogen) atoms. The minimum absolute atomic E-state index is 0.365. The molecule has 0 saturated heterocycles. The van der Waals surface area contributed by atoms with Crippen LogP contribution in [0.5, 0.6) is 0 Å². The molecule has 2 unspecified atom stereocenters. The molecule has 0 fully saturated rings. The number of halogens is 1. The molecule has 0 heterocycles. The van der Waals surface area contributed by atoms with Gasteiger partial charge in [0.25, 0.3) is 0 Å². The lowest BCUT2D eigenvalue weighted by molar-refractivity contribution is -0.136. The standard InChI is InChI=1S/C17H17ClO3S/c1-22(21)16(17(19)20)11-8-12-6-9-13(10-7-12)14-4-2-3-5-15(14)18/h2-7,9-10,16H,8,11H2,1H3,(H,19,20). The van der Waals surface area contributed by atoms with E-state index in [2.05, 4.69) is 0 Å². The van der Waals surface area contributed by atoms with Crippen molar-refractivity contribution in [3.05, 3.63) is 59.1 Å². The zero-order valence-electron chi connectivity index (χ0n) is 12.2. The molecule has 2 rings (SSSR count). The fourth-order valence-electron chi connectivity index (χ4n) is 2.28. The number of hydrogen-bond donors (Lipinski definition) is 1. The lowest BCUT2D eigenvalue weighted by Crippen LogP contribution is -2.29. The topological polar surface area (TPSA) is 60.4 Å². The SMILES string of the molecule is C[S+]([O-])C(CCc1ccc(-c2ccccc2Cl)cc1)C(=O)O. The fourth-order valence-corrected chi connectivity index (χ4v) is 3.25. The number of aliphatic carboxylic acids is 1. The molecule has 0 aliphatic heterocycles. The van der Waals surface area contributed by atoms with Gasteiger partial charge in [-0.15, -0.1) is 0 Å². The van der Waals surface area contributed by atoms with E-state index < -0.39 is 22.4 Å². The smallest absolute Gasteiger partial charge is 0.357 e. The quantitative estimate of drug-likeness (QED) is 0.817. The highest BCUT2D eigenvalue weighted by Gasteiger charge is 2.26. The van der Waals surface area contributed by atoms with Crippen LogP contribution in [0.2, 0.25) is 5.02 Å². The average Bonchev–Trinajstić information content (AvgIpc) is 2.48. The van der Waals surface area contributed by atoms with E-state index in [4.69, 9.17) is 16.7 Å². The second-order valence-corrected chi connectivity index (χ2v) is 7.01. The first kappa shape index (κ1) is 16.9. The maximum atomic E-state index is 11.4. The van der Waals surface area contributed by atoms with Crippen LogP contribution < -0.4 is 0 Å². The second kappa shape index (κ2) is 7.68. The van der Waals surface area contributed by atoms with Gasteiger partial charge in [0.2, 0.25) is 5.25 Å². The molecular weight excluding hydrogens is 320 g/mol. The molecular formula is C17H17ClO3S. The van der Waals surface area contributed by atoms with Crippen molar-refractivity contribution in [1.82, 2.24) is 0 Å². The summed E-state index contributed by atoms with van der Waals surface area (Å²) < 4.78 is 11.4. The van der Waals surface area contributed by atoms with Crippen LogP contribution in [0.1, 0.15) is 12.0 Å². The van der Waals surface area contributed by atoms with Crippen LogP contribution in [-0.4, -0.2) is 27.1 Å². The van der Waals surface area contributed by atoms with Gasteiger partial charge in [-0.25, -0.2) is 4.79 Å².